The summed E-state index contributed by atoms with van der Waals surface area (Å²) < 4.78 is 0. The molecule has 0 atom stereocenters. The van der Waals surface area contributed by atoms with Crippen molar-refractivity contribution in [1.29, 1.82) is 0 Å². The van der Waals surface area contributed by atoms with Crippen LogP contribution in [0.25, 0.3) is 0 Å². The molecular formula is C12H24N2S+2. The maximum Gasteiger partial charge on any atom is 0.127 e. The quantitative estimate of drug-likeness (QED) is 0.615. The van der Waals surface area contributed by atoms with Crippen LogP contribution in [0.4, 0.5) is 0 Å². The largest absolute Gasteiger partial charge is 0.337 e. The smallest absolute Gasteiger partial charge is 0.127 e. The molecule has 0 aliphatic carbocycles. The van der Waals surface area contributed by atoms with Crippen LogP contribution in [0, 0.1) is 6.92 Å². The van der Waals surface area contributed by atoms with Gasteiger partial charge in [-0.2, -0.15) is 0 Å². The van der Waals surface area contributed by atoms with Crippen molar-refractivity contribution in [3.8, 4) is 0 Å². The molecular weight excluding hydrogens is 204 g/mol. The van der Waals surface area contributed by atoms with Crippen molar-refractivity contribution in [3.05, 3.63) is 21.9 Å². The molecule has 86 valence electrons. The average molecular weight is 228 g/mol. The Hall–Kier alpha value is -0.380. The molecule has 3 N–H and O–H groups in total. The lowest BCUT2D eigenvalue weighted by atomic mass is 10.3. The number of nitrogens with one attached hydrogen (secondary N) is 1. The molecule has 0 fully saturated rings. The normalized spacial score (nSPS) is 11.2. The number of nitrogens with two attached hydrogens (primary N) is 1. The lowest BCUT2D eigenvalue weighted by Gasteiger charge is -2.13. The highest BCUT2D eigenvalue weighted by Crippen LogP contribution is 2.13. The summed E-state index contributed by atoms with van der Waals surface area (Å²) in [5.74, 6) is 0. The number of quaternary nitrogens is 2. The first-order chi connectivity index (χ1) is 7.27. The Morgan fingerprint density at radius 2 is 2.07 bits per heavy atom. The van der Waals surface area contributed by atoms with Crippen molar-refractivity contribution < 1.29 is 10.2 Å². The Morgan fingerprint density at radius 1 is 1.33 bits per heavy atom. The van der Waals surface area contributed by atoms with Gasteiger partial charge in [0.1, 0.15) is 19.6 Å². The summed E-state index contributed by atoms with van der Waals surface area (Å²) in [4.78, 5) is 3.23. The zero-order chi connectivity index (χ0) is 11.1. The van der Waals surface area contributed by atoms with Crippen molar-refractivity contribution in [2.24, 2.45) is 0 Å². The third kappa shape index (κ3) is 4.33. The van der Waals surface area contributed by atoms with E-state index in [1.165, 1.54) is 36.6 Å². The summed E-state index contributed by atoms with van der Waals surface area (Å²) in [6.45, 7) is 12.9. The van der Waals surface area contributed by atoms with E-state index in [0.717, 1.165) is 6.54 Å². The predicted octanol–water partition coefficient (Wildman–Crippen LogP) is 0.0446. The van der Waals surface area contributed by atoms with Crippen LogP contribution >= 0.6 is 11.3 Å². The van der Waals surface area contributed by atoms with Gasteiger partial charge in [0, 0.05) is 0 Å². The van der Waals surface area contributed by atoms with Crippen LogP contribution in [0.5, 0.6) is 0 Å². The summed E-state index contributed by atoms with van der Waals surface area (Å²) in [5.41, 5.74) is 1.45. The molecule has 0 radical (unpaired) electrons. The van der Waals surface area contributed by atoms with Crippen LogP contribution in [-0.4, -0.2) is 26.2 Å². The van der Waals surface area contributed by atoms with E-state index in [-0.39, 0.29) is 0 Å². The molecule has 0 bridgehead atoms. The number of rotatable bonds is 7. The van der Waals surface area contributed by atoms with E-state index in [1.807, 2.05) is 11.3 Å². The van der Waals surface area contributed by atoms with Gasteiger partial charge in [-0.25, -0.2) is 0 Å². The maximum atomic E-state index is 2.43. The van der Waals surface area contributed by atoms with Gasteiger partial charge in [-0.1, -0.05) is 0 Å². The van der Waals surface area contributed by atoms with Crippen molar-refractivity contribution in [2.75, 3.05) is 26.2 Å². The molecule has 0 saturated heterocycles. The van der Waals surface area contributed by atoms with Crippen LogP contribution in [0.3, 0.4) is 0 Å². The second kappa shape index (κ2) is 6.99. The first-order valence-corrected chi connectivity index (χ1v) is 6.84. The third-order valence-electron chi connectivity index (χ3n) is 3.00. The van der Waals surface area contributed by atoms with Crippen molar-refractivity contribution in [3.63, 3.8) is 0 Å². The van der Waals surface area contributed by atoms with Gasteiger partial charge in [0.25, 0.3) is 0 Å². The molecule has 2 nitrogen and oxygen atoms in total. The van der Waals surface area contributed by atoms with Gasteiger partial charge in [0.15, 0.2) is 0 Å². The Morgan fingerprint density at radius 3 is 2.60 bits per heavy atom. The van der Waals surface area contributed by atoms with E-state index in [1.54, 1.807) is 4.90 Å². The predicted molar refractivity (Wildman–Crippen MR) is 66.5 cm³/mol. The Kier molecular flexibility index (Phi) is 5.91. The lowest BCUT2D eigenvalue weighted by Crippen LogP contribution is -3.14. The second-order valence-corrected chi connectivity index (χ2v) is 5.02. The number of hydrogen-bond donors (Lipinski definition) is 2. The summed E-state index contributed by atoms with van der Waals surface area (Å²) in [6, 6.07) is 2.21. The van der Waals surface area contributed by atoms with Crippen molar-refractivity contribution in [2.45, 2.75) is 27.3 Å². The molecule has 0 aliphatic heterocycles. The van der Waals surface area contributed by atoms with E-state index < -0.39 is 0 Å². The zero-order valence-electron chi connectivity index (χ0n) is 10.2. The molecule has 0 aliphatic rings. The first-order valence-electron chi connectivity index (χ1n) is 5.96. The van der Waals surface area contributed by atoms with E-state index in [0.29, 0.717) is 0 Å². The highest BCUT2D eigenvalue weighted by atomic mass is 32.1. The fourth-order valence-corrected chi connectivity index (χ4v) is 2.66. The molecule has 3 heteroatoms. The molecule has 15 heavy (non-hydrogen) atoms. The Balaban J connectivity index is 2.14. The zero-order valence-corrected chi connectivity index (χ0v) is 11.0. The molecule has 1 aromatic rings. The fourth-order valence-electron chi connectivity index (χ4n) is 1.76. The molecule has 0 saturated carbocycles. The molecule has 0 unspecified atom stereocenters. The number of likely N-dealkylation sites (N-methyl/N-ethyl adjacent to an activating group) is 1. The topological polar surface area (TPSA) is 21.1 Å². The van der Waals surface area contributed by atoms with Crippen LogP contribution in [0.2, 0.25) is 0 Å². The Bertz CT molecular complexity index is 266. The van der Waals surface area contributed by atoms with Gasteiger partial charge in [-0.05, 0) is 37.8 Å². The summed E-state index contributed by atoms with van der Waals surface area (Å²) in [7, 11) is 0. The monoisotopic (exact) mass is 228 g/mol. The highest BCUT2D eigenvalue weighted by Gasteiger charge is 2.05. The van der Waals surface area contributed by atoms with Gasteiger partial charge in [-0.15, -0.1) is 11.3 Å². The van der Waals surface area contributed by atoms with Crippen molar-refractivity contribution in [1.82, 2.24) is 0 Å². The standard InChI is InChI=1S/C12H22N2S/c1-4-14(5-2)8-7-13-10-12-11(3)6-9-15-12/h6,9,13H,4-5,7-8,10H2,1-3H3/p+2. The van der Waals surface area contributed by atoms with Crippen molar-refractivity contribution >= 4 is 11.3 Å². The minimum Gasteiger partial charge on any atom is -0.337 e. The van der Waals surface area contributed by atoms with Crippen LogP contribution in [-0.2, 0) is 6.54 Å². The molecule has 0 amide bonds. The minimum absolute atomic E-state index is 1.16. The molecule has 0 spiro atoms. The van der Waals surface area contributed by atoms with Crippen LogP contribution in [0.1, 0.15) is 24.3 Å². The summed E-state index contributed by atoms with van der Waals surface area (Å²) in [6.07, 6.45) is 0. The van der Waals surface area contributed by atoms with E-state index in [4.69, 9.17) is 0 Å². The average Bonchev–Trinajstić information content (AvgIpc) is 2.65. The van der Waals surface area contributed by atoms with Gasteiger partial charge < -0.3 is 10.2 Å². The van der Waals surface area contributed by atoms with E-state index in [2.05, 4.69) is 37.5 Å². The van der Waals surface area contributed by atoms with Gasteiger partial charge in [0.05, 0.1) is 18.0 Å². The SMILES string of the molecule is CC[NH+](CC)CC[NH2+]Cc1sccc1C. The van der Waals surface area contributed by atoms with Gasteiger partial charge in [0.2, 0.25) is 0 Å². The summed E-state index contributed by atoms with van der Waals surface area (Å²) >= 11 is 1.88. The van der Waals surface area contributed by atoms with Crippen LogP contribution in [0.15, 0.2) is 11.4 Å². The summed E-state index contributed by atoms with van der Waals surface area (Å²) in [5, 5.41) is 4.62. The first kappa shape index (κ1) is 12.7. The van der Waals surface area contributed by atoms with E-state index in [9.17, 15) is 0 Å². The van der Waals surface area contributed by atoms with Crippen LogP contribution < -0.4 is 10.2 Å². The fraction of sp³-hybridized carbons (Fsp3) is 0.667. The number of hydrogen-bond acceptors (Lipinski definition) is 1. The Labute approximate surface area is 97.3 Å². The molecule has 1 aromatic heterocycles. The number of thiophene rings is 1. The molecule has 0 aromatic carbocycles. The third-order valence-corrected chi connectivity index (χ3v) is 4.05. The molecule has 1 rings (SSSR count). The number of aryl methyl sites for hydroxylation is 1. The minimum atomic E-state index is 1.16. The highest BCUT2D eigenvalue weighted by molar-refractivity contribution is 7.10. The maximum absolute atomic E-state index is 2.43. The second-order valence-electron chi connectivity index (χ2n) is 4.02. The van der Waals surface area contributed by atoms with Gasteiger partial charge >= 0.3 is 0 Å². The molecule has 1 heterocycles. The lowest BCUT2D eigenvalue weighted by molar-refractivity contribution is -0.910. The van der Waals surface area contributed by atoms with E-state index >= 15 is 0 Å². The van der Waals surface area contributed by atoms with Gasteiger partial charge in [-0.3, -0.25) is 0 Å².